The number of nitrogens with zero attached hydrogens (tertiary/aromatic N) is 3. The molecule has 2 aromatic heterocycles. The molecular formula is C25H24F2N4O2. The molecule has 1 atom stereocenters. The fourth-order valence-electron chi connectivity index (χ4n) is 3.84. The highest BCUT2D eigenvalue weighted by Gasteiger charge is 2.23. The highest BCUT2D eigenvalue weighted by Crippen LogP contribution is 2.33. The summed E-state index contributed by atoms with van der Waals surface area (Å²) in [7, 11) is 1.69. The topological polar surface area (TPSA) is 71.1 Å². The Morgan fingerprint density at radius 1 is 1.21 bits per heavy atom. The van der Waals surface area contributed by atoms with Crippen LogP contribution in [-0.2, 0) is 6.67 Å². The van der Waals surface area contributed by atoms with E-state index in [1.807, 2.05) is 13.8 Å². The lowest BCUT2D eigenvalue weighted by Crippen LogP contribution is -2.30. The molecule has 33 heavy (non-hydrogen) atoms. The maximum atomic E-state index is 13.7. The van der Waals surface area contributed by atoms with Crippen LogP contribution >= 0.6 is 0 Å². The van der Waals surface area contributed by atoms with Crippen LogP contribution in [0.3, 0.4) is 0 Å². The van der Waals surface area contributed by atoms with E-state index >= 15 is 0 Å². The normalized spacial score (nSPS) is 12.0. The number of hydrogen-bond donors (Lipinski definition) is 1. The third-order valence-electron chi connectivity index (χ3n) is 5.74. The van der Waals surface area contributed by atoms with Crippen LogP contribution in [0.25, 0.3) is 22.0 Å². The molecule has 0 radical (unpaired) electrons. The van der Waals surface area contributed by atoms with Crippen molar-refractivity contribution in [1.29, 1.82) is 0 Å². The summed E-state index contributed by atoms with van der Waals surface area (Å²) in [6.45, 7) is 3.42. The summed E-state index contributed by atoms with van der Waals surface area (Å²) >= 11 is 0. The maximum absolute atomic E-state index is 13.7. The van der Waals surface area contributed by atoms with Gasteiger partial charge in [-0.05, 0) is 49.7 Å². The molecule has 1 N–H and O–H groups in total. The Labute approximate surface area is 190 Å². The van der Waals surface area contributed by atoms with Crippen LogP contribution in [0.2, 0.25) is 0 Å². The van der Waals surface area contributed by atoms with Crippen molar-refractivity contribution < 1.29 is 18.3 Å². The number of nitrogens with one attached hydrogen (secondary N) is 1. The van der Waals surface area contributed by atoms with Crippen molar-refractivity contribution in [3.05, 3.63) is 77.5 Å². The standard InChI is InChI=1S/C25H24F2N4O2/c1-4-33-23-11-17(8-9-19(23)16-6-5-7-18(27)10-16)25(32)31(3)15(2)20-13-28-22(12-26)21-14-29-30-24(20)21/h5-11,13-15H,4,12H2,1-3H3,(H,29,30). The average molecular weight is 450 g/mol. The van der Waals surface area contributed by atoms with Crippen LogP contribution in [0.1, 0.15) is 41.5 Å². The fourth-order valence-corrected chi connectivity index (χ4v) is 3.84. The van der Waals surface area contributed by atoms with Gasteiger partial charge in [-0.2, -0.15) is 5.10 Å². The van der Waals surface area contributed by atoms with Crippen molar-refractivity contribution in [2.75, 3.05) is 13.7 Å². The predicted molar refractivity (Wildman–Crippen MR) is 122 cm³/mol. The molecule has 0 aliphatic heterocycles. The molecule has 0 aliphatic carbocycles. The number of carbonyl (C=O) groups is 1. The summed E-state index contributed by atoms with van der Waals surface area (Å²) < 4.78 is 32.8. The lowest BCUT2D eigenvalue weighted by Gasteiger charge is -2.26. The SMILES string of the molecule is CCOc1cc(C(=O)N(C)C(C)c2cnc(CF)c3cn[nH]c23)ccc1-c1cccc(F)c1. The molecule has 4 aromatic rings. The maximum Gasteiger partial charge on any atom is 0.254 e. The number of halogens is 2. The smallest absolute Gasteiger partial charge is 0.254 e. The molecule has 8 heteroatoms. The minimum Gasteiger partial charge on any atom is -0.493 e. The fraction of sp³-hybridized carbons (Fsp3) is 0.240. The van der Waals surface area contributed by atoms with E-state index in [1.54, 1.807) is 48.5 Å². The molecule has 170 valence electrons. The summed E-state index contributed by atoms with van der Waals surface area (Å²) in [6.07, 6.45) is 3.11. The van der Waals surface area contributed by atoms with E-state index in [-0.39, 0.29) is 17.8 Å². The Morgan fingerprint density at radius 2 is 2.03 bits per heavy atom. The molecule has 6 nitrogen and oxygen atoms in total. The highest BCUT2D eigenvalue weighted by molar-refractivity contribution is 5.96. The van der Waals surface area contributed by atoms with Crippen LogP contribution < -0.4 is 4.74 Å². The van der Waals surface area contributed by atoms with Gasteiger partial charge in [0.2, 0.25) is 0 Å². The number of ether oxygens (including phenoxy) is 1. The van der Waals surface area contributed by atoms with Crippen LogP contribution in [-0.4, -0.2) is 39.6 Å². The number of rotatable bonds is 7. The van der Waals surface area contributed by atoms with Crippen molar-refractivity contribution in [2.45, 2.75) is 26.6 Å². The van der Waals surface area contributed by atoms with Gasteiger partial charge in [0.15, 0.2) is 0 Å². The van der Waals surface area contributed by atoms with Gasteiger partial charge in [-0.15, -0.1) is 0 Å². The van der Waals surface area contributed by atoms with Crippen molar-refractivity contribution in [2.24, 2.45) is 0 Å². The van der Waals surface area contributed by atoms with E-state index in [1.165, 1.54) is 18.3 Å². The number of aromatic amines is 1. The van der Waals surface area contributed by atoms with Crippen molar-refractivity contribution >= 4 is 16.8 Å². The summed E-state index contributed by atoms with van der Waals surface area (Å²) in [5, 5.41) is 7.50. The first-order chi connectivity index (χ1) is 15.9. The van der Waals surface area contributed by atoms with Crippen LogP contribution in [0.15, 0.2) is 54.9 Å². The molecule has 2 aromatic carbocycles. The largest absolute Gasteiger partial charge is 0.493 e. The zero-order chi connectivity index (χ0) is 23.5. The van der Waals surface area contributed by atoms with E-state index < -0.39 is 6.67 Å². The summed E-state index contributed by atoms with van der Waals surface area (Å²) in [5.74, 6) is -0.0717. The summed E-state index contributed by atoms with van der Waals surface area (Å²) in [5.41, 5.74) is 3.49. The van der Waals surface area contributed by atoms with E-state index in [0.29, 0.717) is 45.6 Å². The van der Waals surface area contributed by atoms with Gasteiger partial charge in [0.25, 0.3) is 5.91 Å². The van der Waals surface area contributed by atoms with Gasteiger partial charge in [0, 0.05) is 35.3 Å². The molecule has 4 rings (SSSR count). The van der Waals surface area contributed by atoms with Crippen molar-refractivity contribution in [1.82, 2.24) is 20.1 Å². The number of benzene rings is 2. The second-order valence-corrected chi connectivity index (χ2v) is 7.70. The van der Waals surface area contributed by atoms with Gasteiger partial charge in [-0.3, -0.25) is 14.9 Å². The molecule has 0 bridgehead atoms. The van der Waals surface area contributed by atoms with E-state index in [4.69, 9.17) is 4.74 Å². The lowest BCUT2D eigenvalue weighted by molar-refractivity contribution is 0.0743. The third-order valence-corrected chi connectivity index (χ3v) is 5.74. The molecule has 0 fully saturated rings. The van der Waals surface area contributed by atoms with Gasteiger partial charge in [-0.1, -0.05) is 12.1 Å². The molecule has 0 saturated carbocycles. The van der Waals surface area contributed by atoms with Gasteiger partial charge >= 0.3 is 0 Å². The monoisotopic (exact) mass is 450 g/mol. The number of carbonyl (C=O) groups excluding carboxylic acids is 1. The van der Waals surface area contributed by atoms with Crippen LogP contribution in [0.5, 0.6) is 5.75 Å². The molecule has 1 amide bonds. The number of alkyl halides is 1. The summed E-state index contributed by atoms with van der Waals surface area (Å²) in [4.78, 5) is 19.1. The molecule has 0 aliphatic rings. The number of aromatic nitrogens is 3. The van der Waals surface area contributed by atoms with E-state index in [0.717, 1.165) is 5.56 Å². The average Bonchev–Trinajstić information content (AvgIpc) is 3.32. The first-order valence-electron chi connectivity index (χ1n) is 10.6. The second kappa shape index (κ2) is 9.36. The van der Waals surface area contributed by atoms with E-state index in [9.17, 15) is 13.6 Å². The van der Waals surface area contributed by atoms with Gasteiger partial charge in [-0.25, -0.2) is 8.78 Å². The number of hydrogen-bond acceptors (Lipinski definition) is 4. The lowest BCUT2D eigenvalue weighted by atomic mass is 10.0. The molecule has 2 heterocycles. The minimum absolute atomic E-state index is 0.225. The Hall–Kier alpha value is -3.81. The molecule has 0 saturated heterocycles. The first kappa shape index (κ1) is 22.4. The Kier molecular flexibility index (Phi) is 6.35. The van der Waals surface area contributed by atoms with E-state index in [2.05, 4.69) is 15.2 Å². The number of pyridine rings is 1. The van der Waals surface area contributed by atoms with Gasteiger partial charge < -0.3 is 9.64 Å². The van der Waals surface area contributed by atoms with Crippen LogP contribution in [0, 0.1) is 5.82 Å². The van der Waals surface area contributed by atoms with Crippen molar-refractivity contribution in [3.63, 3.8) is 0 Å². The number of H-pyrrole nitrogens is 1. The minimum atomic E-state index is -0.697. The summed E-state index contributed by atoms with van der Waals surface area (Å²) in [6, 6.07) is 11.0. The Balaban J connectivity index is 1.66. The first-order valence-corrected chi connectivity index (χ1v) is 10.6. The highest BCUT2D eigenvalue weighted by atomic mass is 19.1. The number of amides is 1. The molecule has 1 unspecified atom stereocenters. The number of fused-ring (bicyclic) bond motifs is 1. The molecular weight excluding hydrogens is 426 g/mol. The van der Waals surface area contributed by atoms with Gasteiger partial charge in [0.1, 0.15) is 18.2 Å². The molecule has 0 spiro atoms. The third kappa shape index (κ3) is 4.28. The predicted octanol–water partition coefficient (Wildman–Crippen LogP) is 5.47. The zero-order valence-electron chi connectivity index (χ0n) is 18.6. The zero-order valence-corrected chi connectivity index (χ0v) is 18.6. The second-order valence-electron chi connectivity index (χ2n) is 7.70. The Bertz CT molecular complexity index is 1300. The quantitative estimate of drug-likeness (QED) is 0.406. The van der Waals surface area contributed by atoms with Crippen molar-refractivity contribution in [3.8, 4) is 16.9 Å². The Morgan fingerprint density at radius 3 is 2.76 bits per heavy atom. The van der Waals surface area contributed by atoms with Crippen LogP contribution in [0.4, 0.5) is 8.78 Å². The van der Waals surface area contributed by atoms with Gasteiger partial charge in [0.05, 0.1) is 30.1 Å².